The van der Waals surface area contributed by atoms with Crippen LogP contribution in [0.1, 0.15) is 30.7 Å². The Morgan fingerprint density at radius 2 is 1.67 bits per heavy atom. The van der Waals surface area contributed by atoms with Gasteiger partial charge in [0.15, 0.2) is 0 Å². The predicted molar refractivity (Wildman–Crippen MR) is 103 cm³/mol. The first-order chi connectivity index (χ1) is 12.9. The number of rotatable bonds is 4. The van der Waals surface area contributed by atoms with Crippen molar-refractivity contribution in [2.75, 3.05) is 13.7 Å². The Morgan fingerprint density at radius 3 is 2.11 bits per heavy atom. The monoisotopic (exact) mass is 391 g/mol. The van der Waals surface area contributed by atoms with Crippen LogP contribution in [0.15, 0.2) is 65.6 Å². The molecule has 1 aliphatic heterocycles. The van der Waals surface area contributed by atoms with Gasteiger partial charge in [-0.2, -0.15) is 8.42 Å². The summed E-state index contributed by atoms with van der Waals surface area (Å²) in [6.45, 7) is 0.991. The molecule has 2 aromatic carbocycles. The molecule has 1 aliphatic rings. The van der Waals surface area contributed by atoms with E-state index in [2.05, 4.69) is 5.32 Å². The third kappa shape index (κ3) is 6.46. The van der Waals surface area contributed by atoms with Crippen LogP contribution in [-0.2, 0) is 19.6 Å². The summed E-state index contributed by atoms with van der Waals surface area (Å²) in [5, 5.41) is 3.43. The van der Waals surface area contributed by atoms with E-state index in [1.54, 1.807) is 18.2 Å². The van der Waals surface area contributed by atoms with Crippen molar-refractivity contribution >= 4 is 16.1 Å². The van der Waals surface area contributed by atoms with Crippen LogP contribution in [0.4, 0.5) is 0 Å². The molecule has 2 aromatic rings. The number of esters is 1. The largest absolute Gasteiger partial charge is 0.469 e. The fourth-order valence-corrected chi connectivity index (χ4v) is 3.58. The fourth-order valence-electron chi connectivity index (χ4n) is 3.08. The topological polar surface area (TPSA) is 92.7 Å². The fraction of sp³-hybridized carbons (Fsp3) is 0.350. The van der Waals surface area contributed by atoms with Crippen LogP contribution in [0.25, 0.3) is 0 Å². The molecule has 1 heterocycles. The number of methoxy groups -OCH3 is 1. The van der Waals surface area contributed by atoms with E-state index in [0.717, 1.165) is 18.5 Å². The van der Waals surface area contributed by atoms with Crippen LogP contribution in [0.2, 0.25) is 0 Å². The molecule has 1 fully saturated rings. The number of benzene rings is 2. The van der Waals surface area contributed by atoms with Crippen LogP contribution in [0, 0.1) is 0 Å². The zero-order valence-electron chi connectivity index (χ0n) is 15.2. The van der Waals surface area contributed by atoms with E-state index in [9.17, 15) is 13.2 Å². The maximum absolute atomic E-state index is 11.9. The molecule has 3 rings (SSSR count). The molecule has 146 valence electrons. The van der Waals surface area contributed by atoms with E-state index in [4.69, 9.17) is 9.29 Å². The minimum absolute atomic E-state index is 0.0741. The van der Waals surface area contributed by atoms with Gasteiger partial charge in [0.1, 0.15) is 0 Å². The second-order valence-electron chi connectivity index (χ2n) is 6.26. The third-order valence-electron chi connectivity index (χ3n) is 4.41. The summed E-state index contributed by atoms with van der Waals surface area (Å²) in [5.41, 5.74) is 1.04. The Kier molecular flexibility index (Phi) is 7.97. The van der Waals surface area contributed by atoms with Crippen LogP contribution in [0.3, 0.4) is 0 Å². The van der Waals surface area contributed by atoms with Gasteiger partial charge in [-0.15, -0.1) is 0 Å². The van der Waals surface area contributed by atoms with E-state index in [0.29, 0.717) is 0 Å². The normalized spacial score (nSPS) is 17.9. The summed E-state index contributed by atoms with van der Waals surface area (Å²) in [7, 11) is -2.54. The minimum Gasteiger partial charge on any atom is -0.469 e. The van der Waals surface area contributed by atoms with E-state index in [1.165, 1.54) is 32.1 Å². The van der Waals surface area contributed by atoms with Crippen molar-refractivity contribution in [3.8, 4) is 0 Å². The van der Waals surface area contributed by atoms with Crippen LogP contribution in [-0.4, -0.2) is 38.6 Å². The van der Waals surface area contributed by atoms with Crippen molar-refractivity contribution in [2.45, 2.75) is 36.1 Å². The molecular weight excluding hydrogens is 366 g/mol. The number of hydrogen-bond acceptors (Lipinski definition) is 5. The lowest BCUT2D eigenvalue weighted by atomic mass is 9.86. The predicted octanol–water partition coefficient (Wildman–Crippen LogP) is 3.02. The molecule has 0 amide bonds. The second kappa shape index (κ2) is 10.2. The first kappa shape index (κ1) is 21.1. The maximum atomic E-state index is 11.9. The second-order valence-corrected chi connectivity index (χ2v) is 7.68. The molecule has 0 radical (unpaired) electrons. The van der Waals surface area contributed by atoms with Gasteiger partial charge in [0.05, 0.1) is 17.9 Å². The van der Waals surface area contributed by atoms with Gasteiger partial charge in [-0.3, -0.25) is 9.35 Å². The highest BCUT2D eigenvalue weighted by Crippen LogP contribution is 2.26. The molecular formula is C20H25NO5S. The summed E-state index contributed by atoms with van der Waals surface area (Å²) in [6.07, 6.45) is 3.41. The quantitative estimate of drug-likeness (QED) is 0.615. The molecule has 0 spiro atoms. The lowest BCUT2D eigenvalue weighted by Gasteiger charge is -2.29. The zero-order valence-corrected chi connectivity index (χ0v) is 16.1. The Hall–Kier alpha value is -2.22. The van der Waals surface area contributed by atoms with Crippen molar-refractivity contribution in [2.24, 2.45) is 0 Å². The summed E-state index contributed by atoms with van der Waals surface area (Å²) < 4.78 is 34.2. The Morgan fingerprint density at radius 1 is 1.07 bits per heavy atom. The van der Waals surface area contributed by atoms with E-state index < -0.39 is 10.1 Å². The van der Waals surface area contributed by atoms with Gasteiger partial charge >= 0.3 is 5.97 Å². The molecule has 0 saturated carbocycles. The molecule has 0 unspecified atom stereocenters. The lowest BCUT2D eigenvalue weighted by Crippen LogP contribution is -2.42. The van der Waals surface area contributed by atoms with Crippen LogP contribution in [0.5, 0.6) is 0 Å². The Labute approximate surface area is 160 Å². The number of nitrogens with one attached hydrogen (secondary N) is 1. The van der Waals surface area contributed by atoms with Crippen molar-refractivity contribution < 1.29 is 22.5 Å². The van der Waals surface area contributed by atoms with E-state index >= 15 is 0 Å². The summed E-state index contributed by atoms with van der Waals surface area (Å²) in [6, 6.07) is 17.5. The molecule has 27 heavy (non-hydrogen) atoms. The van der Waals surface area contributed by atoms with Crippen LogP contribution < -0.4 is 5.32 Å². The first-order valence-corrected chi connectivity index (χ1v) is 10.3. The maximum Gasteiger partial charge on any atom is 0.314 e. The van der Waals surface area contributed by atoms with Gasteiger partial charge in [-0.25, -0.2) is 0 Å². The van der Waals surface area contributed by atoms with Gasteiger partial charge in [-0.05, 0) is 37.1 Å². The third-order valence-corrected chi connectivity index (χ3v) is 5.27. The van der Waals surface area contributed by atoms with E-state index in [1.807, 2.05) is 30.3 Å². The highest BCUT2D eigenvalue weighted by Gasteiger charge is 2.31. The number of ether oxygens (including phenoxy) is 1. The standard InChI is InChI=1S/C14H19NO2.C6H6O3S/c1-17-14(16)13(11-7-3-2-4-8-11)12-9-5-6-10-15-12;7-10(8,9)6-4-2-1-3-5-6/h2-4,7-8,12-13,15H,5-6,9-10H2,1H3;1-5H,(H,7,8,9)/t12-,13+;/m0./s1. The van der Waals surface area contributed by atoms with Crippen molar-refractivity contribution in [3.63, 3.8) is 0 Å². The van der Waals surface area contributed by atoms with Gasteiger partial charge in [-0.1, -0.05) is 55.0 Å². The lowest BCUT2D eigenvalue weighted by molar-refractivity contribution is -0.143. The smallest absolute Gasteiger partial charge is 0.314 e. The van der Waals surface area contributed by atoms with Gasteiger partial charge in [0.25, 0.3) is 10.1 Å². The van der Waals surface area contributed by atoms with E-state index in [-0.39, 0.29) is 22.8 Å². The molecule has 1 saturated heterocycles. The van der Waals surface area contributed by atoms with Crippen molar-refractivity contribution in [3.05, 3.63) is 66.2 Å². The van der Waals surface area contributed by atoms with Gasteiger partial charge < -0.3 is 10.1 Å². The molecule has 7 heteroatoms. The Bertz CT molecular complexity index is 803. The SMILES string of the molecule is COC(=O)[C@H](c1ccccc1)[C@@H]1CCCCN1.O=S(=O)(O)c1ccccc1. The number of carbonyl (C=O) groups is 1. The Balaban J connectivity index is 0.000000223. The molecule has 2 atom stereocenters. The minimum atomic E-state index is -4.00. The number of hydrogen-bond donors (Lipinski definition) is 2. The molecule has 6 nitrogen and oxygen atoms in total. The highest BCUT2D eigenvalue weighted by atomic mass is 32.2. The molecule has 0 aliphatic carbocycles. The molecule has 0 aromatic heterocycles. The van der Waals surface area contributed by atoms with Gasteiger partial charge in [0, 0.05) is 6.04 Å². The average molecular weight is 391 g/mol. The average Bonchev–Trinajstić information content (AvgIpc) is 2.70. The molecule has 2 N–H and O–H groups in total. The van der Waals surface area contributed by atoms with Gasteiger partial charge in [0.2, 0.25) is 0 Å². The first-order valence-electron chi connectivity index (χ1n) is 8.82. The molecule has 0 bridgehead atoms. The highest BCUT2D eigenvalue weighted by molar-refractivity contribution is 7.85. The number of carbonyl (C=O) groups excluding carboxylic acids is 1. The number of piperidine rings is 1. The van der Waals surface area contributed by atoms with Crippen molar-refractivity contribution in [1.29, 1.82) is 0 Å². The summed E-state index contributed by atoms with van der Waals surface area (Å²) in [5.74, 6) is -0.322. The van der Waals surface area contributed by atoms with Crippen molar-refractivity contribution in [1.82, 2.24) is 5.32 Å². The summed E-state index contributed by atoms with van der Waals surface area (Å²) in [4.78, 5) is 11.9. The zero-order chi connectivity index (χ0) is 19.7. The summed E-state index contributed by atoms with van der Waals surface area (Å²) >= 11 is 0. The van der Waals surface area contributed by atoms with Crippen LogP contribution >= 0.6 is 0 Å².